The number of halogens is 3. The van der Waals surface area contributed by atoms with Gasteiger partial charge < -0.3 is 4.74 Å². The van der Waals surface area contributed by atoms with Gasteiger partial charge in [0.1, 0.15) is 11.9 Å². The van der Waals surface area contributed by atoms with Crippen molar-refractivity contribution in [1.82, 2.24) is 9.66 Å². The van der Waals surface area contributed by atoms with Crippen LogP contribution in [0.1, 0.15) is 18.3 Å². The van der Waals surface area contributed by atoms with Crippen LogP contribution >= 0.6 is 43.5 Å². The Balaban J connectivity index is 2.05. The Hall–Kier alpha value is -2.21. The Morgan fingerprint density at radius 3 is 2.82 bits per heavy atom. The molecule has 9 heteroatoms. The van der Waals surface area contributed by atoms with E-state index in [0.29, 0.717) is 44.0 Å². The maximum absolute atomic E-state index is 12.9. The molecule has 0 amide bonds. The second-order valence-corrected chi connectivity index (χ2v) is 7.84. The Morgan fingerprint density at radius 1 is 1.36 bits per heavy atom. The molecule has 1 heterocycles. The molecule has 0 fully saturated rings. The lowest BCUT2D eigenvalue weighted by Crippen LogP contribution is -2.22. The van der Waals surface area contributed by atoms with E-state index in [9.17, 15) is 4.79 Å². The zero-order valence-corrected chi connectivity index (χ0v) is 18.5. The number of aryl methyl sites for hydroxylation is 1. The van der Waals surface area contributed by atoms with Crippen molar-refractivity contribution < 1.29 is 4.74 Å². The van der Waals surface area contributed by atoms with Gasteiger partial charge in [-0.25, -0.2) is 4.98 Å². The standard InChI is InChI=1S/C19H13Br2ClN4O2/c1-2-17-25-16-4-3-12(20)9-13(16)19(27)26(17)24-10-11-7-14(21)18(15(22)8-11)28-6-5-23/h3-4,7-10H,2,6H2,1H3. The summed E-state index contributed by atoms with van der Waals surface area (Å²) in [7, 11) is 0. The lowest BCUT2D eigenvalue weighted by molar-refractivity contribution is 0.366. The maximum Gasteiger partial charge on any atom is 0.282 e. The van der Waals surface area contributed by atoms with Gasteiger partial charge in [-0.05, 0) is 51.8 Å². The van der Waals surface area contributed by atoms with Gasteiger partial charge in [0.25, 0.3) is 5.56 Å². The highest BCUT2D eigenvalue weighted by atomic mass is 79.9. The molecule has 28 heavy (non-hydrogen) atoms. The molecular weight excluding hydrogens is 511 g/mol. The summed E-state index contributed by atoms with van der Waals surface area (Å²) >= 11 is 13.0. The first-order valence-electron chi connectivity index (χ1n) is 8.19. The molecule has 1 aromatic heterocycles. The highest BCUT2D eigenvalue weighted by molar-refractivity contribution is 9.10. The summed E-state index contributed by atoms with van der Waals surface area (Å²) in [6.45, 7) is 1.80. The third-order valence-corrected chi connectivity index (χ3v) is 5.18. The Labute approximate surface area is 182 Å². The highest BCUT2D eigenvalue weighted by Gasteiger charge is 2.11. The molecule has 3 rings (SSSR count). The number of hydrogen-bond donors (Lipinski definition) is 0. The van der Waals surface area contributed by atoms with Crippen molar-refractivity contribution in [3.05, 3.63) is 66.0 Å². The SMILES string of the molecule is CCc1nc2ccc(Br)cc2c(=O)n1N=Cc1cc(Cl)c(OCC#N)c(Br)c1. The molecular formula is C19H13Br2ClN4O2. The fourth-order valence-corrected chi connectivity index (χ4v) is 3.91. The van der Waals surface area contributed by atoms with E-state index >= 15 is 0 Å². The zero-order valence-electron chi connectivity index (χ0n) is 14.6. The number of ether oxygens (including phenoxy) is 1. The summed E-state index contributed by atoms with van der Waals surface area (Å²) in [5, 5.41) is 13.8. The van der Waals surface area contributed by atoms with Gasteiger partial charge in [-0.1, -0.05) is 34.5 Å². The first kappa shape index (κ1) is 20.5. The summed E-state index contributed by atoms with van der Waals surface area (Å²) < 4.78 is 7.96. The van der Waals surface area contributed by atoms with Gasteiger partial charge in [0.05, 0.1) is 26.6 Å². The van der Waals surface area contributed by atoms with Crippen molar-refractivity contribution in [1.29, 1.82) is 5.26 Å². The molecule has 6 nitrogen and oxygen atoms in total. The minimum absolute atomic E-state index is 0.112. The van der Waals surface area contributed by atoms with E-state index in [4.69, 9.17) is 21.6 Å². The highest BCUT2D eigenvalue weighted by Crippen LogP contribution is 2.34. The van der Waals surface area contributed by atoms with Crippen molar-refractivity contribution in [2.24, 2.45) is 5.10 Å². The molecule has 3 aromatic rings. The summed E-state index contributed by atoms with van der Waals surface area (Å²) in [6, 6.07) is 10.6. The molecule has 0 atom stereocenters. The van der Waals surface area contributed by atoms with E-state index in [2.05, 4.69) is 41.9 Å². The van der Waals surface area contributed by atoms with E-state index in [1.807, 2.05) is 19.1 Å². The molecule has 2 aromatic carbocycles. The molecule has 0 aliphatic rings. The predicted octanol–water partition coefficient (Wildman–Crippen LogP) is 4.92. The largest absolute Gasteiger partial charge is 0.476 e. The summed E-state index contributed by atoms with van der Waals surface area (Å²) in [5.74, 6) is 0.930. The van der Waals surface area contributed by atoms with Gasteiger partial charge in [0, 0.05) is 10.9 Å². The lowest BCUT2D eigenvalue weighted by Gasteiger charge is -2.09. The van der Waals surface area contributed by atoms with Crippen LogP contribution < -0.4 is 10.3 Å². The fourth-order valence-electron chi connectivity index (χ4n) is 2.56. The van der Waals surface area contributed by atoms with Crippen LogP contribution in [0.4, 0.5) is 0 Å². The lowest BCUT2D eigenvalue weighted by atomic mass is 10.2. The Kier molecular flexibility index (Phi) is 6.50. The molecule has 0 unspecified atom stereocenters. The van der Waals surface area contributed by atoms with Crippen molar-refractivity contribution in [3.8, 4) is 11.8 Å². The van der Waals surface area contributed by atoms with Crippen LogP contribution in [-0.2, 0) is 6.42 Å². The van der Waals surface area contributed by atoms with Crippen LogP contribution in [0.3, 0.4) is 0 Å². The van der Waals surface area contributed by atoms with E-state index in [1.54, 1.807) is 24.3 Å². The number of nitriles is 1. The second-order valence-electron chi connectivity index (χ2n) is 5.67. The molecule has 0 spiro atoms. The fraction of sp³-hybridized carbons (Fsp3) is 0.158. The van der Waals surface area contributed by atoms with Gasteiger partial charge in [0.15, 0.2) is 12.4 Å². The predicted molar refractivity (Wildman–Crippen MR) is 116 cm³/mol. The number of hydrogen-bond acceptors (Lipinski definition) is 5. The molecule has 0 aliphatic carbocycles. The smallest absolute Gasteiger partial charge is 0.282 e. The van der Waals surface area contributed by atoms with E-state index in [1.165, 1.54) is 10.9 Å². The van der Waals surface area contributed by atoms with Crippen LogP contribution in [0, 0.1) is 11.3 Å². The molecule has 0 radical (unpaired) electrons. The molecule has 0 saturated heterocycles. The number of fused-ring (bicyclic) bond motifs is 1. The van der Waals surface area contributed by atoms with E-state index in [0.717, 1.165) is 4.47 Å². The van der Waals surface area contributed by atoms with Crippen LogP contribution in [0.25, 0.3) is 10.9 Å². The molecule has 0 N–H and O–H groups in total. The second kappa shape index (κ2) is 8.86. The Bertz CT molecular complexity index is 1160. The average Bonchev–Trinajstić information content (AvgIpc) is 2.67. The number of nitrogens with zero attached hydrogens (tertiary/aromatic N) is 4. The zero-order chi connectivity index (χ0) is 20.3. The number of benzene rings is 2. The van der Waals surface area contributed by atoms with Crippen molar-refractivity contribution >= 4 is 60.6 Å². The topological polar surface area (TPSA) is 80.3 Å². The van der Waals surface area contributed by atoms with Crippen LogP contribution in [0.5, 0.6) is 5.75 Å². The van der Waals surface area contributed by atoms with Crippen LogP contribution in [0.2, 0.25) is 5.02 Å². The van der Waals surface area contributed by atoms with Gasteiger partial charge in [-0.15, -0.1) is 0 Å². The van der Waals surface area contributed by atoms with E-state index < -0.39 is 0 Å². The summed E-state index contributed by atoms with van der Waals surface area (Å²) in [4.78, 5) is 17.4. The minimum atomic E-state index is -0.251. The van der Waals surface area contributed by atoms with Crippen molar-refractivity contribution in [2.75, 3.05) is 6.61 Å². The van der Waals surface area contributed by atoms with E-state index in [-0.39, 0.29) is 12.2 Å². The normalized spacial score (nSPS) is 11.1. The minimum Gasteiger partial charge on any atom is -0.476 e. The molecule has 0 bridgehead atoms. The molecule has 142 valence electrons. The van der Waals surface area contributed by atoms with Crippen molar-refractivity contribution in [3.63, 3.8) is 0 Å². The maximum atomic E-state index is 12.9. The number of rotatable bonds is 5. The van der Waals surface area contributed by atoms with Crippen LogP contribution in [0.15, 0.2) is 49.2 Å². The first-order chi connectivity index (χ1) is 13.4. The van der Waals surface area contributed by atoms with Crippen molar-refractivity contribution in [2.45, 2.75) is 13.3 Å². The quantitative estimate of drug-likeness (QED) is 0.444. The van der Waals surface area contributed by atoms with Gasteiger partial charge in [-0.2, -0.15) is 15.0 Å². The van der Waals surface area contributed by atoms with Gasteiger partial charge >= 0.3 is 0 Å². The Morgan fingerprint density at radius 2 is 2.14 bits per heavy atom. The molecule has 0 saturated carbocycles. The summed E-state index contributed by atoms with van der Waals surface area (Å²) in [5.41, 5.74) is 1.03. The van der Waals surface area contributed by atoms with Gasteiger partial charge in [0.2, 0.25) is 0 Å². The first-order valence-corrected chi connectivity index (χ1v) is 10.1. The van der Waals surface area contributed by atoms with Gasteiger partial charge in [-0.3, -0.25) is 4.79 Å². The molecule has 0 aliphatic heterocycles. The third kappa shape index (κ3) is 4.27. The summed E-state index contributed by atoms with van der Waals surface area (Å²) in [6.07, 6.45) is 2.07. The third-order valence-electron chi connectivity index (χ3n) is 3.82. The van der Waals surface area contributed by atoms with Crippen LogP contribution in [-0.4, -0.2) is 22.5 Å². The average molecular weight is 525 g/mol. The monoisotopic (exact) mass is 522 g/mol. The number of aromatic nitrogens is 2.